The molecule has 0 aromatic carbocycles. The fraction of sp³-hybridized carbons (Fsp3) is 0.609. The predicted octanol–water partition coefficient (Wildman–Crippen LogP) is 15.3. The second kappa shape index (κ2) is 53.7. The van der Waals surface area contributed by atoms with Crippen molar-refractivity contribution in [1.82, 2.24) is 0 Å². The fourth-order valence-electron chi connectivity index (χ4n) is 7.14. The van der Waals surface area contributed by atoms with E-state index in [9.17, 15) is 19.5 Å². The Morgan fingerprint density at radius 1 is 0.425 bits per heavy atom. The second-order valence-electron chi connectivity index (χ2n) is 19.5. The Kier molecular flexibility index (Phi) is 50.4. The Morgan fingerprint density at radius 3 is 1.16 bits per heavy atom. The number of likely N-dealkylation sites (N-methyl/N-ethyl adjacent to an activating group) is 1. The van der Waals surface area contributed by atoms with Crippen molar-refractivity contribution in [2.45, 2.75) is 206 Å². The number of hydrogen-bond donors (Lipinski definition) is 0. The van der Waals surface area contributed by atoms with Gasteiger partial charge in [0.15, 0.2) is 12.4 Å². The van der Waals surface area contributed by atoms with Gasteiger partial charge in [-0.25, -0.2) is 0 Å². The largest absolute Gasteiger partial charge is 0.545 e. The molecule has 0 rings (SSSR count). The van der Waals surface area contributed by atoms with Crippen LogP contribution in [0.2, 0.25) is 0 Å². The summed E-state index contributed by atoms with van der Waals surface area (Å²) in [6.07, 6.45) is 74.0. The molecule has 2 unspecified atom stereocenters. The smallest absolute Gasteiger partial charge is 0.309 e. The third-order valence-electron chi connectivity index (χ3n) is 11.4. The van der Waals surface area contributed by atoms with E-state index < -0.39 is 30.3 Å². The summed E-state index contributed by atoms with van der Waals surface area (Å²) in [6, 6.07) is 0. The highest BCUT2D eigenvalue weighted by molar-refractivity contribution is 5.71. The molecule has 0 aliphatic carbocycles. The maximum Gasteiger partial charge on any atom is 0.309 e. The van der Waals surface area contributed by atoms with Crippen molar-refractivity contribution in [3.05, 3.63) is 134 Å². The highest BCUT2D eigenvalue weighted by Gasteiger charge is 2.21. The molecule has 0 saturated heterocycles. The van der Waals surface area contributed by atoms with Crippen molar-refractivity contribution in [2.75, 3.05) is 47.5 Å². The van der Waals surface area contributed by atoms with Crippen LogP contribution in [-0.2, 0) is 33.3 Å². The molecule has 0 aromatic rings. The van der Waals surface area contributed by atoms with Gasteiger partial charge in [0.05, 0.1) is 46.7 Å². The van der Waals surface area contributed by atoms with E-state index in [-0.39, 0.29) is 32.7 Å². The van der Waals surface area contributed by atoms with Crippen LogP contribution in [0.5, 0.6) is 0 Å². The van der Waals surface area contributed by atoms with Crippen molar-refractivity contribution >= 4 is 17.9 Å². The average Bonchev–Trinajstić information content (AvgIpc) is 3.36. The van der Waals surface area contributed by atoms with Crippen LogP contribution in [-0.4, -0.2) is 82.3 Å². The van der Waals surface area contributed by atoms with Gasteiger partial charge < -0.3 is 33.3 Å². The molecule has 0 spiro atoms. The molecule has 0 radical (unpaired) electrons. The number of carboxylic acids is 1. The van der Waals surface area contributed by atoms with Gasteiger partial charge in [-0.3, -0.25) is 9.59 Å². The van der Waals surface area contributed by atoms with Gasteiger partial charge in [-0.15, -0.1) is 0 Å². The Labute approximate surface area is 446 Å². The van der Waals surface area contributed by atoms with Crippen LogP contribution in [0.15, 0.2) is 134 Å². The number of rotatable bonds is 50. The summed E-state index contributed by atoms with van der Waals surface area (Å²) < 4.78 is 22.5. The maximum absolute atomic E-state index is 12.8. The van der Waals surface area contributed by atoms with Crippen molar-refractivity contribution in [2.24, 2.45) is 0 Å². The third kappa shape index (κ3) is 55.0. The zero-order chi connectivity index (χ0) is 53.4. The van der Waals surface area contributed by atoms with Gasteiger partial charge in [-0.2, -0.15) is 0 Å². The molecule has 0 heterocycles. The molecule has 0 aromatic heterocycles. The summed E-state index contributed by atoms with van der Waals surface area (Å²) in [7, 11) is 5.88. The molecular formula is C64H103NO8. The lowest BCUT2D eigenvalue weighted by Gasteiger charge is -2.26. The zero-order valence-corrected chi connectivity index (χ0v) is 46.7. The molecule has 9 nitrogen and oxygen atoms in total. The van der Waals surface area contributed by atoms with Gasteiger partial charge in [0, 0.05) is 6.42 Å². The zero-order valence-electron chi connectivity index (χ0n) is 46.7. The number of carbonyl (C=O) groups excluding carboxylic acids is 3. The van der Waals surface area contributed by atoms with Crippen molar-refractivity contribution in [3.63, 3.8) is 0 Å². The lowest BCUT2D eigenvalue weighted by atomic mass is 10.0. The molecule has 412 valence electrons. The molecule has 0 aliphatic heterocycles. The first-order valence-electron chi connectivity index (χ1n) is 28.3. The topological polar surface area (TPSA) is 111 Å². The molecule has 9 heteroatoms. The minimum absolute atomic E-state index is 0.0538. The first-order valence-corrected chi connectivity index (χ1v) is 28.3. The van der Waals surface area contributed by atoms with E-state index in [2.05, 4.69) is 129 Å². The van der Waals surface area contributed by atoms with Crippen LogP contribution in [0.1, 0.15) is 194 Å². The standard InChI is InChI=1S/C64H103NO8/c1-6-8-10-12-14-16-18-20-22-23-24-25-26-27-28-29-30-31-32-33-34-35-36-37-38-39-41-43-45-47-49-51-53-55-62(67)73-60(59-72-64(63(68)69)70-57-56-65(3,4)5)58-71-61(66)54-52-50-48-46-44-42-40-21-19-17-15-13-11-9-7-2/h8-11,14-17,20-22,24-25,27-28,30-31,40,44,46,50,52,60,64H,6-7,12-13,18-19,23,26,29,32-39,41-43,45,47-49,51,53-59H2,1-5H3/b10-8-,11-9-,16-14-,17-15-,22-20-,25-24-,28-27-,31-30-,40-21-,46-44-,52-50-. The quantitative estimate of drug-likeness (QED) is 0.0195. The molecule has 0 amide bonds. The van der Waals surface area contributed by atoms with Gasteiger partial charge in [-0.05, 0) is 89.9 Å². The molecule has 2 atom stereocenters. The van der Waals surface area contributed by atoms with Crippen LogP contribution in [0.3, 0.4) is 0 Å². The first kappa shape index (κ1) is 68.4. The molecule has 73 heavy (non-hydrogen) atoms. The van der Waals surface area contributed by atoms with Crippen molar-refractivity contribution in [3.8, 4) is 0 Å². The first-order chi connectivity index (χ1) is 35.6. The van der Waals surface area contributed by atoms with E-state index in [1.165, 1.54) is 70.6 Å². The van der Waals surface area contributed by atoms with Crippen LogP contribution in [0.25, 0.3) is 0 Å². The van der Waals surface area contributed by atoms with Crippen molar-refractivity contribution < 1.29 is 42.9 Å². The highest BCUT2D eigenvalue weighted by atomic mass is 16.7. The number of esters is 2. The minimum atomic E-state index is -1.65. The van der Waals surface area contributed by atoms with Gasteiger partial charge in [0.25, 0.3) is 0 Å². The number of nitrogens with zero attached hydrogens (tertiary/aromatic N) is 1. The van der Waals surface area contributed by atoms with E-state index in [0.717, 1.165) is 83.5 Å². The Balaban J connectivity index is 4.24. The third-order valence-corrected chi connectivity index (χ3v) is 11.4. The van der Waals surface area contributed by atoms with Gasteiger partial charge in [0.2, 0.25) is 0 Å². The summed E-state index contributed by atoms with van der Waals surface area (Å²) >= 11 is 0. The van der Waals surface area contributed by atoms with E-state index in [1.54, 1.807) is 6.08 Å². The molecule has 0 fully saturated rings. The SMILES string of the molecule is CC/C=C\C/C=C\C/C=C\C/C=C\C/C=C\C/C=C\CCCCCCCCCCCCCCCCC(=O)OC(COC(=O)C/C=C\C/C=C\C/C=C\C/C=C\C/C=C\CC)COC(OCC[N+](C)(C)C)C(=O)[O-]. The van der Waals surface area contributed by atoms with E-state index in [1.807, 2.05) is 33.3 Å². The van der Waals surface area contributed by atoms with Gasteiger partial charge in [-0.1, -0.05) is 225 Å². The monoisotopic (exact) mass is 1010 g/mol. The van der Waals surface area contributed by atoms with Crippen molar-refractivity contribution in [1.29, 1.82) is 0 Å². The summed E-state index contributed by atoms with van der Waals surface area (Å²) in [4.78, 5) is 37.1. The van der Waals surface area contributed by atoms with Gasteiger partial charge >= 0.3 is 11.9 Å². The number of aliphatic carboxylic acids is 1. The normalized spacial score (nSPS) is 13.8. The molecule has 0 saturated carbocycles. The molecule has 0 bridgehead atoms. The molecule has 0 N–H and O–H groups in total. The average molecular weight is 1010 g/mol. The number of carboxylic acid groups (broad SMARTS) is 1. The number of carbonyl (C=O) groups is 3. The van der Waals surface area contributed by atoms with Crippen LogP contribution < -0.4 is 5.11 Å². The lowest BCUT2D eigenvalue weighted by molar-refractivity contribution is -0.870. The van der Waals surface area contributed by atoms with Crippen LogP contribution >= 0.6 is 0 Å². The highest BCUT2D eigenvalue weighted by Crippen LogP contribution is 2.15. The number of allylic oxidation sites excluding steroid dienone is 21. The number of unbranched alkanes of at least 4 members (excludes halogenated alkanes) is 14. The number of ether oxygens (including phenoxy) is 4. The summed E-state index contributed by atoms with van der Waals surface area (Å²) in [5, 5.41) is 11.7. The summed E-state index contributed by atoms with van der Waals surface area (Å²) in [5.74, 6) is -2.46. The molecular weight excluding hydrogens is 911 g/mol. The van der Waals surface area contributed by atoms with Crippen LogP contribution in [0, 0.1) is 0 Å². The lowest BCUT2D eigenvalue weighted by Crippen LogP contribution is -2.44. The molecule has 0 aliphatic rings. The predicted molar refractivity (Wildman–Crippen MR) is 306 cm³/mol. The van der Waals surface area contributed by atoms with E-state index >= 15 is 0 Å². The number of hydrogen-bond acceptors (Lipinski definition) is 8. The van der Waals surface area contributed by atoms with E-state index in [0.29, 0.717) is 23.9 Å². The maximum atomic E-state index is 12.8. The Bertz CT molecular complexity index is 1650. The minimum Gasteiger partial charge on any atom is -0.545 e. The van der Waals surface area contributed by atoms with Gasteiger partial charge in [0.1, 0.15) is 13.2 Å². The number of quaternary nitrogens is 1. The summed E-state index contributed by atoms with van der Waals surface area (Å²) in [6.45, 7) is 4.38. The van der Waals surface area contributed by atoms with E-state index in [4.69, 9.17) is 18.9 Å². The second-order valence-corrected chi connectivity index (χ2v) is 19.5. The Hall–Kier alpha value is -4.57. The fourth-order valence-corrected chi connectivity index (χ4v) is 7.14. The summed E-state index contributed by atoms with van der Waals surface area (Å²) in [5.41, 5.74) is 0. The Morgan fingerprint density at radius 2 is 0.781 bits per heavy atom. The van der Waals surface area contributed by atoms with Crippen LogP contribution in [0.4, 0.5) is 0 Å².